The second-order valence-electron chi connectivity index (χ2n) is 3.99. The van der Waals surface area contributed by atoms with E-state index in [1.165, 1.54) is 11.3 Å². The van der Waals surface area contributed by atoms with Crippen molar-refractivity contribution in [2.75, 3.05) is 0 Å². The summed E-state index contributed by atoms with van der Waals surface area (Å²) in [5.74, 6) is 0.0235. The maximum atomic E-state index is 12.2. The number of H-pyrrole nitrogens is 1. The number of hydrogen-bond acceptors (Lipinski definition) is 5. The quantitative estimate of drug-likeness (QED) is 0.745. The van der Waals surface area contributed by atoms with Crippen LogP contribution in [0.15, 0.2) is 45.2 Å². The number of nitrogens with one attached hydrogen (secondary N) is 1. The summed E-state index contributed by atoms with van der Waals surface area (Å²) in [5.41, 5.74) is 2.01. The Bertz CT molecular complexity index is 797. The van der Waals surface area contributed by atoms with Crippen LogP contribution in [0.3, 0.4) is 0 Å². The van der Waals surface area contributed by atoms with E-state index in [1.807, 2.05) is 0 Å². The molecule has 0 fully saturated rings. The predicted molar refractivity (Wildman–Crippen MR) is 80.8 cm³/mol. The van der Waals surface area contributed by atoms with Crippen LogP contribution in [-0.4, -0.2) is 20.1 Å². The van der Waals surface area contributed by atoms with E-state index in [9.17, 15) is 9.90 Å². The third-order valence-electron chi connectivity index (χ3n) is 2.70. The molecule has 1 aromatic carbocycles. The maximum Gasteiger partial charge on any atom is 0.262 e. The van der Waals surface area contributed by atoms with Gasteiger partial charge in [0.15, 0.2) is 5.82 Å². The van der Waals surface area contributed by atoms with Crippen LogP contribution in [0.25, 0.3) is 21.8 Å². The Morgan fingerprint density at radius 2 is 2.00 bits per heavy atom. The lowest BCUT2D eigenvalue weighted by molar-refractivity contribution is 0.454. The van der Waals surface area contributed by atoms with Gasteiger partial charge in [-0.15, -0.1) is 11.3 Å². The van der Waals surface area contributed by atoms with Gasteiger partial charge in [-0.2, -0.15) is 4.98 Å². The van der Waals surface area contributed by atoms with Gasteiger partial charge in [0, 0.05) is 10.7 Å². The Hall–Kier alpha value is -1.99. The molecule has 0 saturated heterocycles. The molecule has 20 heavy (non-hydrogen) atoms. The number of halogens is 1. The minimum absolute atomic E-state index is 0.158. The van der Waals surface area contributed by atoms with Crippen LogP contribution >= 0.6 is 27.3 Å². The van der Waals surface area contributed by atoms with Crippen molar-refractivity contribution in [3.63, 3.8) is 0 Å². The lowest BCUT2D eigenvalue weighted by atomic mass is 10.1. The molecule has 2 aromatic heterocycles. The van der Waals surface area contributed by atoms with E-state index in [0.717, 1.165) is 4.47 Å². The smallest absolute Gasteiger partial charge is 0.262 e. The summed E-state index contributed by atoms with van der Waals surface area (Å²) >= 11 is 4.66. The van der Waals surface area contributed by atoms with Crippen LogP contribution in [-0.2, 0) is 0 Å². The average molecular weight is 350 g/mol. The molecule has 0 spiro atoms. The van der Waals surface area contributed by atoms with Gasteiger partial charge in [-0.1, -0.05) is 28.1 Å². The van der Waals surface area contributed by atoms with Gasteiger partial charge in [0.05, 0.1) is 10.4 Å². The molecule has 0 bridgehead atoms. The first-order valence-electron chi connectivity index (χ1n) is 5.63. The minimum atomic E-state index is -0.386. The van der Waals surface area contributed by atoms with Crippen molar-refractivity contribution < 1.29 is 5.11 Å². The molecule has 0 aliphatic carbocycles. The van der Waals surface area contributed by atoms with Gasteiger partial charge in [-0.25, -0.2) is 0 Å². The molecule has 2 N–H and O–H groups in total. The second kappa shape index (κ2) is 5.18. The highest BCUT2D eigenvalue weighted by molar-refractivity contribution is 9.10. The molecule has 0 radical (unpaired) electrons. The van der Waals surface area contributed by atoms with Gasteiger partial charge in [-0.3, -0.25) is 9.78 Å². The fourth-order valence-electron chi connectivity index (χ4n) is 1.79. The first kappa shape index (κ1) is 13.0. The van der Waals surface area contributed by atoms with Gasteiger partial charge >= 0.3 is 0 Å². The van der Waals surface area contributed by atoms with Crippen molar-refractivity contribution in [1.29, 1.82) is 0 Å². The molecule has 100 valence electrons. The maximum absolute atomic E-state index is 12.2. The number of benzene rings is 1. The first-order valence-corrected chi connectivity index (χ1v) is 7.30. The molecule has 2 heterocycles. The monoisotopic (exact) mass is 349 g/mol. The molecule has 0 amide bonds. The molecule has 5 nitrogen and oxygen atoms in total. The highest BCUT2D eigenvalue weighted by atomic mass is 79.9. The van der Waals surface area contributed by atoms with Crippen molar-refractivity contribution in [3.05, 3.63) is 50.8 Å². The van der Waals surface area contributed by atoms with E-state index >= 15 is 0 Å². The summed E-state index contributed by atoms with van der Waals surface area (Å²) in [6.45, 7) is 0. The zero-order chi connectivity index (χ0) is 14.1. The van der Waals surface area contributed by atoms with Crippen LogP contribution in [0.5, 0.6) is 5.88 Å². The SMILES string of the molecule is O=c1[nH]c(-c2cncs2)nc(O)c1-c1ccc(Br)cc1. The molecule has 0 atom stereocenters. The number of aromatic hydroxyl groups is 1. The van der Waals surface area contributed by atoms with Crippen LogP contribution < -0.4 is 5.56 Å². The van der Waals surface area contributed by atoms with Crippen molar-refractivity contribution in [2.24, 2.45) is 0 Å². The van der Waals surface area contributed by atoms with E-state index in [2.05, 4.69) is 30.9 Å². The average Bonchev–Trinajstić information content (AvgIpc) is 2.94. The number of hydrogen-bond donors (Lipinski definition) is 2. The van der Waals surface area contributed by atoms with Crippen molar-refractivity contribution in [1.82, 2.24) is 15.0 Å². The zero-order valence-corrected chi connectivity index (χ0v) is 12.4. The van der Waals surface area contributed by atoms with Crippen molar-refractivity contribution >= 4 is 27.3 Å². The third kappa shape index (κ3) is 2.37. The fourth-order valence-corrected chi connectivity index (χ4v) is 2.62. The van der Waals surface area contributed by atoms with Crippen LogP contribution in [0.1, 0.15) is 0 Å². The number of aromatic amines is 1. The van der Waals surface area contributed by atoms with E-state index in [1.54, 1.807) is 36.0 Å². The summed E-state index contributed by atoms with van der Waals surface area (Å²) in [5, 5.41) is 10.0. The highest BCUT2D eigenvalue weighted by Gasteiger charge is 2.14. The largest absolute Gasteiger partial charge is 0.493 e. The summed E-state index contributed by atoms with van der Waals surface area (Å²) < 4.78 is 0.895. The molecule has 7 heteroatoms. The van der Waals surface area contributed by atoms with Crippen LogP contribution in [0, 0.1) is 0 Å². The van der Waals surface area contributed by atoms with E-state index in [0.29, 0.717) is 16.3 Å². The van der Waals surface area contributed by atoms with Gasteiger partial charge < -0.3 is 10.1 Å². The van der Waals surface area contributed by atoms with Crippen molar-refractivity contribution in [2.45, 2.75) is 0 Å². The van der Waals surface area contributed by atoms with E-state index < -0.39 is 0 Å². The molecule has 0 aliphatic rings. The Kier molecular flexibility index (Phi) is 3.37. The Labute approximate surface area is 126 Å². The van der Waals surface area contributed by atoms with Gasteiger partial charge in [-0.05, 0) is 17.7 Å². The Morgan fingerprint density at radius 1 is 1.25 bits per heavy atom. The summed E-state index contributed by atoms with van der Waals surface area (Å²) in [7, 11) is 0. The number of rotatable bonds is 2. The van der Waals surface area contributed by atoms with Crippen molar-refractivity contribution in [3.8, 4) is 27.7 Å². The zero-order valence-electron chi connectivity index (χ0n) is 10.0. The van der Waals surface area contributed by atoms with Gasteiger partial charge in [0.1, 0.15) is 5.56 Å². The topological polar surface area (TPSA) is 78.9 Å². The molecular formula is C13H8BrN3O2S. The van der Waals surface area contributed by atoms with Gasteiger partial charge in [0.25, 0.3) is 5.56 Å². The number of thiazole rings is 1. The molecule has 0 saturated carbocycles. The Morgan fingerprint density at radius 3 is 2.60 bits per heavy atom. The van der Waals surface area contributed by atoms with Crippen LogP contribution in [0.2, 0.25) is 0 Å². The minimum Gasteiger partial charge on any atom is -0.493 e. The van der Waals surface area contributed by atoms with Gasteiger partial charge in [0.2, 0.25) is 5.88 Å². The summed E-state index contributed by atoms with van der Waals surface area (Å²) in [6, 6.07) is 7.07. The molecule has 3 aromatic rings. The fraction of sp³-hybridized carbons (Fsp3) is 0. The lowest BCUT2D eigenvalue weighted by Gasteiger charge is -2.05. The number of aromatic nitrogens is 3. The lowest BCUT2D eigenvalue weighted by Crippen LogP contribution is -2.11. The molecular weight excluding hydrogens is 342 g/mol. The molecule has 3 rings (SSSR count). The highest BCUT2D eigenvalue weighted by Crippen LogP contribution is 2.27. The molecule has 0 aliphatic heterocycles. The summed E-state index contributed by atoms with van der Waals surface area (Å²) in [6.07, 6.45) is 1.59. The predicted octanol–water partition coefficient (Wildman–Crippen LogP) is 3.03. The summed E-state index contributed by atoms with van der Waals surface area (Å²) in [4.78, 5) is 23.5. The van der Waals surface area contributed by atoms with E-state index in [4.69, 9.17) is 0 Å². The van der Waals surface area contributed by atoms with Crippen LogP contribution in [0.4, 0.5) is 0 Å². The first-order chi connectivity index (χ1) is 9.65. The second-order valence-corrected chi connectivity index (χ2v) is 5.79. The van der Waals surface area contributed by atoms with E-state index in [-0.39, 0.29) is 17.0 Å². The standard InChI is InChI=1S/C13H8BrN3O2S/c14-8-3-1-7(2-4-8)10-12(18)16-11(17-13(10)19)9-5-15-6-20-9/h1-6H,(H2,16,17,18,19). The molecule has 0 unspecified atom stereocenters. The normalized spacial score (nSPS) is 10.7. The number of nitrogens with zero attached hydrogens (tertiary/aromatic N) is 2. The third-order valence-corrected chi connectivity index (χ3v) is 4.01. The Balaban J connectivity index is 2.14.